The van der Waals surface area contributed by atoms with E-state index in [2.05, 4.69) is 16.9 Å². The fourth-order valence-electron chi connectivity index (χ4n) is 2.53. The van der Waals surface area contributed by atoms with E-state index < -0.39 is 10.7 Å². The number of aromatic nitrogens is 2. The predicted octanol–water partition coefficient (Wildman–Crippen LogP) is 3.81. The number of nitro groups is 1. The molecule has 3 aromatic rings. The van der Waals surface area contributed by atoms with Gasteiger partial charge in [-0.05, 0) is 24.6 Å². The summed E-state index contributed by atoms with van der Waals surface area (Å²) >= 11 is 0. The molecule has 1 heterocycles. The maximum absolute atomic E-state index is 10.9. The minimum atomic E-state index is -0.626. The number of aryl methyl sites for hydroxylation is 1. The van der Waals surface area contributed by atoms with E-state index in [4.69, 9.17) is 0 Å². The van der Waals surface area contributed by atoms with Gasteiger partial charge in [-0.15, -0.1) is 0 Å². The van der Waals surface area contributed by atoms with Gasteiger partial charge < -0.3 is 9.67 Å². The molecule has 2 aromatic carbocycles. The molecule has 0 aliphatic carbocycles. The van der Waals surface area contributed by atoms with Crippen molar-refractivity contribution in [2.45, 2.75) is 19.9 Å². The number of phenolic OH excluding ortho intramolecular Hbond substituents is 1. The maximum atomic E-state index is 10.9. The van der Waals surface area contributed by atoms with E-state index in [0.29, 0.717) is 5.95 Å². The summed E-state index contributed by atoms with van der Waals surface area (Å²) in [6.45, 7) is 2.82. The number of fused-ring (bicyclic) bond motifs is 1. The molecule has 0 bridgehead atoms. The van der Waals surface area contributed by atoms with Gasteiger partial charge in [0, 0.05) is 24.4 Å². The number of aromatic hydroxyl groups is 1. The van der Waals surface area contributed by atoms with Crippen molar-refractivity contribution in [2.75, 3.05) is 0 Å². The van der Waals surface area contributed by atoms with Crippen LogP contribution in [0.15, 0.2) is 47.5 Å². The molecule has 0 aliphatic heterocycles. The number of nitrogens with zero attached hydrogens (tertiary/aromatic N) is 4. The Morgan fingerprint density at radius 2 is 2.08 bits per heavy atom. The lowest BCUT2D eigenvalue weighted by Gasteiger charge is -2.04. The van der Waals surface area contributed by atoms with Crippen LogP contribution >= 0.6 is 0 Å². The highest BCUT2D eigenvalue weighted by atomic mass is 16.6. The van der Waals surface area contributed by atoms with Crippen molar-refractivity contribution >= 4 is 28.9 Å². The van der Waals surface area contributed by atoms with Gasteiger partial charge in [-0.25, -0.2) is 9.98 Å². The normalized spacial score (nSPS) is 11.4. The average Bonchev–Trinajstić information content (AvgIpc) is 2.92. The van der Waals surface area contributed by atoms with Crippen molar-refractivity contribution in [1.29, 1.82) is 0 Å². The minimum Gasteiger partial charge on any atom is -0.502 e. The van der Waals surface area contributed by atoms with E-state index in [-0.39, 0.29) is 11.3 Å². The summed E-state index contributed by atoms with van der Waals surface area (Å²) in [7, 11) is 0. The molecule has 3 rings (SSSR count). The molecule has 0 fully saturated rings. The third-order valence-electron chi connectivity index (χ3n) is 3.64. The number of rotatable bonds is 5. The first-order valence-electron chi connectivity index (χ1n) is 7.57. The highest BCUT2D eigenvalue weighted by Gasteiger charge is 2.15. The number of benzene rings is 2. The molecule has 24 heavy (non-hydrogen) atoms. The van der Waals surface area contributed by atoms with Gasteiger partial charge in [0.15, 0.2) is 0 Å². The number of nitro benzene ring substituents is 1. The monoisotopic (exact) mass is 324 g/mol. The highest BCUT2D eigenvalue weighted by Crippen LogP contribution is 2.29. The van der Waals surface area contributed by atoms with Crippen molar-refractivity contribution in [1.82, 2.24) is 9.55 Å². The van der Waals surface area contributed by atoms with Gasteiger partial charge in [0.05, 0.1) is 16.0 Å². The lowest BCUT2D eigenvalue weighted by Crippen LogP contribution is -1.96. The summed E-state index contributed by atoms with van der Waals surface area (Å²) in [4.78, 5) is 19.1. The average molecular weight is 324 g/mol. The molecule has 0 unspecified atom stereocenters. The number of hydrogen-bond donors (Lipinski definition) is 1. The molecular weight excluding hydrogens is 308 g/mol. The summed E-state index contributed by atoms with van der Waals surface area (Å²) in [5, 5.41) is 20.9. The van der Waals surface area contributed by atoms with Gasteiger partial charge in [0.25, 0.3) is 0 Å². The van der Waals surface area contributed by atoms with Crippen LogP contribution < -0.4 is 0 Å². The largest absolute Gasteiger partial charge is 0.502 e. The molecule has 122 valence electrons. The summed E-state index contributed by atoms with van der Waals surface area (Å²) < 4.78 is 1.99. The molecule has 1 aromatic heterocycles. The van der Waals surface area contributed by atoms with Gasteiger partial charge in [0.1, 0.15) is 0 Å². The number of imidazole rings is 1. The quantitative estimate of drug-likeness (QED) is 0.438. The molecule has 0 spiro atoms. The predicted molar refractivity (Wildman–Crippen MR) is 92.0 cm³/mol. The lowest BCUT2D eigenvalue weighted by atomic mass is 10.2. The van der Waals surface area contributed by atoms with Crippen molar-refractivity contribution in [2.24, 2.45) is 4.99 Å². The van der Waals surface area contributed by atoms with Crippen LogP contribution in [0.3, 0.4) is 0 Å². The number of phenols is 1. The van der Waals surface area contributed by atoms with Crippen LogP contribution in [0.4, 0.5) is 11.6 Å². The molecular formula is C17H16N4O3. The topological polar surface area (TPSA) is 93.5 Å². The van der Waals surface area contributed by atoms with Gasteiger partial charge >= 0.3 is 5.69 Å². The minimum absolute atomic E-state index is 0.277. The SMILES string of the molecule is CCCn1c(/N=C/c2cccc([N+](=O)[O-])c2O)nc2ccccc21. The van der Waals surface area contributed by atoms with Crippen LogP contribution in [0.1, 0.15) is 18.9 Å². The molecule has 7 nitrogen and oxygen atoms in total. The van der Waals surface area contributed by atoms with Crippen molar-refractivity contribution in [3.05, 3.63) is 58.1 Å². The first-order valence-corrected chi connectivity index (χ1v) is 7.57. The Labute approximate surface area is 138 Å². The second-order valence-corrected chi connectivity index (χ2v) is 5.28. The van der Waals surface area contributed by atoms with Crippen molar-refractivity contribution < 1.29 is 10.0 Å². The number of hydrogen-bond acceptors (Lipinski definition) is 5. The summed E-state index contributed by atoms with van der Waals surface area (Å²) in [5.41, 5.74) is 1.75. The molecule has 0 amide bonds. The van der Waals surface area contributed by atoms with Crippen LogP contribution in [-0.4, -0.2) is 25.8 Å². The second-order valence-electron chi connectivity index (χ2n) is 5.28. The van der Waals surface area contributed by atoms with Gasteiger partial charge in [-0.2, -0.15) is 0 Å². The Hall–Kier alpha value is -3.22. The van der Waals surface area contributed by atoms with Crippen molar-refractivity contribution in [3.8, 4) is 5.75 Å². The Bertz CT molecular complexity index is 931. The maximum Gasteiger partial charge on any atom is 0.311 e. The van der Waals surface area contributed by atoms with E-state index >= 15 is 0 Å². The zero-order chi connectivity index (χ0) is 17.1. The first kappa shape index (κ1) is 15.7. The Kier molecular flexibility index (Phi) is 4.24. The van der Waals surface area contributed by atoms with Gasteiger partial charge in [-0.3, -0.25) is 10.1 Å². The molecule has 1 N–H and O–H groups in total. The Balaban J connectivity index is 2.04. The van der Waals surface area contributed by atoms with Crippen molar-refractivity contribution in [3.63, 3.8) is 0 Å². The standard InChI is InChI=1S/C17H16N4O3/c1-2-10-20-14-8-4-3-7-13(14)19-17(20)18-11-12-6-5-9-15(16(12)22)21(23)24/h3-9,11,22H,2,10H2,1H3/b18-11+. The van der Waals surface area contributed by atoms with Crippen LogP contribution in [0, 0.1) is 10.1 Å². The Morgan fingerprint density at radius 3 is 2.83 bits per heavy atom. The molecule has 0 aliphatic rings. The summed E-state index contributed by atoms with van der Waals surface area (Å²) in [6.07, 6.45) is 2.32. The molecule has 7 heteroatoms. The zero-order valence-electron chi connectivity index (χ0n) is 13.1. The van der Waals surface area contributed by atoms with Gasteiger partial charge in [0.2, 0.25) is 11.7 Å². The third kappa shape index (κ3) is 2.83. The summed E-state index contributed by atoms with van der Waals surface area (Å²) in [6, 6.07) is 12.1. The molecule has 0 radical (unpaired) electrons. The van der Waals surface area contributed by atoms with Crippen LogP contribution in [0.25, 0.3) is 11.0 Å². The van der Waals surface area contributed by atoms with Crippen LogP contribution in [0.2, 0.25) is 0 Å². The van der Waals surface area contributed by atoms with E-state index in [9.17, 15) is 15.2 Å². The van der Waals surface area contributed by atoms with Crippen LogP contribution in [-0.2, 0) is 6.54 Å². The van der Waals surface area contributed by atoms with E-state index in [1.807, 2.05) is 28.8 Å². The van der Waals surface area contributed by atoms with Crippen LogP contribution in [0.5, 0.6) is 5.75 Å². The molecule has 0 saturated carbocycles. The second kappa shape index (κ2) is 6.49. The third-order valence-corrected chi connectivity index (χ3v) is 3.64. The zero-order valence-corrected chi connectivity index (χ0v) is 13.1. The number of para-hydroxylation sites is 3. The first-order chi connectivity index (χ1) is 11.6. The molecule has 0 atom stereocenters. The fraction of sp³-hybridized carbons (Fsp3) is 0.176. The van der Waals surface area contributed by atoms with Gasteiger partial charge in [-0.1, -0.05) is 25.1 Å². The highest BCUT2D eigenvalue weighted by molar-refractivity contribution is 5.87. The number of aliphatic imine (C=N–C) groups is 1. The van der Waals surface area contributed by atoms with E-state index in [1.54, 1.807) is 6.07 Å². The Morgan fingerprint density at radius 1 is 1.29 bits per heavy atom. The van der Waals surface area contributed by atoms with E-state index in [1.165, 1.54) is 18.3 Å². The van der Waals surface area contributed by atoms with E-state index in [0.717, 1.165) is 24.0 Å². The fourth-order valence-corrected chi connectivity index (χ4v) is 2.53. The molecule has 0 saturated heterocycles. The smallest absolute Gasteiger partial charge is 0.311 e. The lowest BCUT2D eigenvalue weighted by molar-refractivity contribution is -0.385. The summed E-state index contributed by atoms with van der Waals surface area (Å²) in [5.74, 6) is 0.105.